The summed E-state index contributed by atoms with van der Waals surface area (Å²) in [7, 11) is 0. The van der Waals surface area contributed by atoms with Crippen molar-refractivity contribution in [2.45, 2.75) is 51.9 Å². The maximum Gasteiger partial charge on any atom is 0.303 e. The summed E-state index contributed by atoms with van der Waals surface area (Å²) in [4.78, 5) is 10.6. The number of carbonyl (C=O) groups is 1. The smallest absolute Gasteiger partial charge is 0.303 e. The summed E-state index contributed by atoms with van der Waals surface area (Å²) in [6.07, 6.45) is 7.87. The fraction of sp³-hybridized carbons (Fsp3) is 0.909. The standard InChI is InChI=1S/C11H20O2/c1-2-9(8-11(12)13)10-6-4-3-5-7-10/h9-10H,2-8H2,1H3,(H,12,13). The minimum atomic E-state index is -0.627. The van der Waals surface area contributed by atoms with Gasteiger partial charge in [-0.25, -0.2) is 0 Å². The molecule has 0 heterocycles. The van der Waals surface area contributed by atoms with E-state index in [0.29, 0.717) is 18.3 Å². The monoisotopic (exact) mass is 184 g/mol. The second-order valence-electron chi connectivity index (χ2n) is 4.16. The van der Waals surface area contributed by atoms with Gasteiger partial charge >= 0.3 is 5.97 Å². The third kappa shape index (κ3) is 3.37. The zero-order valence-electron chi connectivity index (χ0n) is 8.46. The van der Waals surface area contributed by atoms with Crippen LogP contribution in [0.25, 0.3) is 0 Å². The maximum atomic E-state index is 10.6. The molecule has 0 bridgehead atoms. The number of rotatable bonds is 4. The van der Waals surface area contributed by atoms with E-state index < -0.39 is 5.97 Å². The molecule has 13 heavy (non-hydrogen) atoms. The van der Waals surface area contributed by atoms with Crippen molar-refractivity contribution in [2.24, 2.45) is 11.8 Å². The Morgan fingerprint density at radius 1 is 1.38 bits per heavy atom. The molecule has 0 saturated heterocycles. The summed E-state index contributed by atoms with van der Waals surface area (Å²) < 4.78 is 0. The summed E-state index contributed by atoms with van der Waals surface area (Å²) in [6.45, 7) is 2.11. The van der Waals surface area contributed by atoms with E-state index in [1.54, 1.807) is 0 Å². The lowest BCUT2D eigenvalue weighted by molar-refractivity contribution is -0.138. The maximum absolute atomic E-state index is 10.6. The summed E-state index contributed by atoms with van der Waals surface area (Å²) >= 11 is 0. The largest absolute Gasteiger partial charge is 0.481 e. The van der Waals surface area contributed by atoms with Crippen molar-refractivity contribution in [1.29, 1.82) is 0 Å². The van der Waals surface area contributed by atoms with Gasteiger partial charge in [-0.3, -0.25) is 4.79 Å². The molecule has 1 unspecified atom stereocenters. The highest BCUT2D eigenvalue weighted by Gasteiger charge is 2.23. The summed E-state index contributed by atoms with van der Waals surface area (Å²) in [6, 6.07) is 0. The average Bonchev–Trinajstić information content (AvgIpc) is 2.15. The Kier molecular flexibility index (Phi) is 4.26. The Hall–Kier alpha value is -0.530. The van der Waals surface area contributed by atoms with Crippen LogP contribution in [0.2, 0.25) is 0 Å². The quantitative estimate of drug-likeness (QED) is 0.729. The van der Waals surface area contributed by atoms with Crippen LogP contribution in [-0.2, 0) is 4.79 Å². The lowest BCUT2D eigenvalue weighted by Gasteiger charge is -2.28. The number of hydrogen-bond donors (Lipinski definition) is 1. The van der Waals surface area contributed by atoms with E-state index in [2.05, 4.69) is 6.92 Å². The highest BCUT2D eigenvalue weighted by Crippen LogP contribution is 2.33. The van der Waals surface area contributed by atoms with Gasteiger partial charge in [-0.2, -0.15) is 0 Å². The molecule has 2 heteroatoms. The van der Waals surface area contributed by atoms with Crippen LogP contribution in [-0.4, -0.2) is 11.1 Å². The van der Waals surface area contributed by atoms with Gasteiger partial charge in [0, 0.05) is 6.42 Å². The van der Waals surface area contributed by atoms with E-state index in [9.17, 15) is 4.79 Å². The molecule has 0 spiro atoms. The molecule has 0 aromatic carbocycles. The van der Waals surface area contributed by atoms with E-state index in [1.165, 1.54) is 32.1 Å². The summed E-state index contributed by atoms with van der Waals surface area (Å²) in [5.74, 6) is 0.491. The van der Waals surface area contributed by atoms with E-state index in [0.717, 1.165) is 6.42 Å². The molecule has 1 N–H and O–H groups in total. The first kappa shape index (κ1) is 10.6. The van der Waals surface area contributed by atoms with Crippen LogP contribution >= 0.6 is 0 Å². The fourth-order valence-corrected chi connectivity index (χ4v) is 2.47. The number of hydrogen-bond acceptors (Lipinski definition) is 1. The average molecular weight is 184 g/mol. The number of carboxylic acid groups (broad SMARTS) is 1. The van der Waals surface area contributed by atoms with Gasteiger partial charge in [0.2, 0.25) is 0 Å². The second kappa shape index (κ2) is 5.25. The van der Waals surface area contributed by atoms with Crippen molar-refractivity contribution in [2.75, 3.05) is 0 Å². The first-order chi connectivity index (χ1) is 6.24. The van der Waals surface area contributed by atoms with Crippen molar-refractivity contribution >= 4 is 5.97 Å². The van der Waals surface area contributed by atoms with Gasteiger partial charge in [0.1, 0.15) is 0 Å². The fourth-order valence-electron chi connectivity index (χ4n) is 2.47. The molecule has 1 aliphatic carbocycles. The zero-order valence-corrected chi connectivity index (χ0v) is 8.46. The molecule has 1 saturated carbocycles. The zero-order chi connectivity index (χ0) is 9.68. The minimum absolute atomic E-state index is 0.376. The Morgan fingerprint density at radius 2 is 2.00 bits per heavy atom. The van der Waals surface area contributed by atoms with Crippen molar-refractivity contribution in [3.8, 4) is 0 Å². The molecule has 1 rings (SSSR count). The molecule has 0 amide bonds. The van der Waals surface area contributed by atoms with E-state index in [4.69, 9.17) is 5.11 Å². The summed E-state index contributed by atoms with van der Waals surface area (Å²) in [5, 5.41) is 8.75. The molecule has 2 nitrogen and oxygen atoms in total. The van der Waals surface area contributed by atoms with Crippen LogP contribution in [0.1, 0.15) is 51.9 Å². The topological polar surface area (TPSA) is 37.3 Å². The highest BCUT2D eigenvalue weighted by molar-refractivity contribution is 5.67. The Bertz CT molecular complexity index is 159. The third-order valence-corrected chi connectivity index (χ3v) is 3.28. The van der Waals surface area contributed by atoms with Crippen LogP contribution in [0.15, 0.2) is 0 Å². The molecule has 0 aliphatic heterocycles. The van der Waals surface area contributed by atoms with Crippen LogP contribution in [0, 0.1) is 11.8 Å². The molecular formula is C11H20O2. The van der Waals surface area contributed by atoms with Crippen LogP contribution in [0.5, 0.6) is 0 Å². The first-order valence-corrected chi connectivity index (χ1v) is 5.45. The number of carboxylic acids is 1. The second-order valence-corrected chi connectivity index (χ2v) is 4.16. The van der Waals surface area contributed by atoms with Crippen LogP contribution in [0.4, 0.5) is 0 Å². The van der Waals surface area contributed by atoms with Crippen molar-refractivity contribution in [3.05, 3.63) is 0 Å². The molecular weight excluding hydrogens is 164 g/mol. The predicted octanol–water partition coefficient (Wildman–Crippen LogP) is 3.07. The molecule has 76 valence electrons. The van der Waals surface area contributed by atoms with Gasteiger partial charge in [-0.15, -0.1) is 0 Å². The van der Waals surface area contributed by atoms with E-state index in [1.807, 2.05) is 0 Å². The van der Waals surface area contributed by atoms with Crippen LogP contribution < -0.4 is 0 Å². The van der Waals surface area contributed by atoms with Gasteiger partial charge in [0.15, 0.2) is 0 Å². The Labute approximate surface area is 80.3 Å². The third-order valence-electron chi connectivity index (χ3n) is 3.28. The molecule has 0 aromatic heterocycles. The van der Waals surface area contributed by atoms with E-state index >= 15 is 0 Å². The van der Waals surface area contributed by atoms with Gasteiger partial charge < -0.3 is 5.11 Å². The van der Waals surface area contributed by atoms with Crippen molar-refractivity contribution in [3.63, 3.8) is 0 Å². The number of aliphatic carboxylic acids is 1. The predicted molar refractivity (Wildman–Crippen MR) is 52.6 cm³/mol. The normalized spacial score (nSPS) is 21.3. The first-order valence-electron chi connectivity index (χ1n) is 5.45. The van der Waals surface area contributed by atoms with Crippen molar-refractivity contribution < 1.29 is 9.90 Å². The lowest BCUT2D eigenvalue weighted by atomic mass is 9.77. The van der Waals surface area contributed by atoms with Gasteiger partial charge in [0.25, 0.3) is 0 Å². The van der Waals surface area contributed by atoms with Gasteiger partial charge in [-0.05, 0) is 11.8 Å². The molecule has 0 radical (unpaired) electrons. The molecule has 1 fully saturated rings. The minimum Gasteiger partial charge on any atom is -0.481 e. The van der Waals surface area contributed by atoms with Crippen LogP contribution in [0.3, 0.4) is 0 Å². The Balaban J connectivity index is 2.39. The van der Waals surface area contributed by atoms with Crippen molar-refractivity contribution in [1.82, 2.24) is 0 Å². The van der Waals surface area contributed by atoms with Gasteiger partial charge in [0.05, 0.1) is 0 Å². The highest BCUT2D eigenvalue weighted by atomic mass is 16.4. The SMILES string of the molecule is CCC(CC(=O)O)C1CCCCC1. The lowest BCUT2D eigenvalue weighted by Crippen LogP contribution is -2.20. The molecule has 0 aromatic rings. The summed E-state index contributed by atoms with van der Waals surface area (Å²) in [5.41, 5.74) is 0. The van der Waals surface area contributed by atoms with E-state index in [-0.39, 0.29) is 0 Å². The molecule has 1 aliphatic rings. The van der Waals surface area contributed by atoms with Gasteiger partial charge in [-0.1, -0.05) is 45.4 Å². The molecule has 1 atom stereocenters. The Morgan fingerprint density at radius 3 is 2.46 bits per heavy atom.